The summed E-state index contributed by atoms with van der Waals surface area (Å²) in [4.78, 5) is 0. The third kappa shape index (κ3) is 3.55. The first-order valence-corrected chi connectivity index (χ1v) is 6.75. The van der Waals surface area contributed by atoms with Crippen molar-refractivity contribution < 1.29 is 0 Å². The zero-order chi connectivity index (χ0) is 12.9. The van der Waals surface area contributed by atoms with Crippen LogP contribution in [0.3, 0.4) is 0 Å². The van der Waals surface area contributed by atoms with Crippen LogP contribution >= 0.6 is 0 Å². The van der Waals surface area contributed by atoms with Crippen LogP contribution in [0.5, 0.6) is 0 Å². The topological polar surface area (TPSA) is 0 Å². The van der Waals surface area contributed by atoms with E-state index in [1.54, 1.807) is 0 Å². The Bertz CT molecular complexity index is 223. The van der Waals surface area contributed by atoms with Crippen molar-refractivity contribution in [3.8, 4) is 11.8 Å². The Kier molecular flexibility index (Phi) is 6.16. The van der Waals surface area contributed by atoms with Gasteiger partial charge in [-0.3, -0.25) is 0 Å². The van der Waals surface area contributed by atoms with Crippen LogP contribution in [-0.4, -0.2) is 0 Å². The van der Waals surface area contributed by atoms with Crippen LogP contribution in [0, 0.1) is 40.9 Å². The largest absolute Gasteiger partial charge is 0.102 e. The number of rotatable bonds is 4. The highest BCUT2D eigenvalue weighted by atomic mass is 14.4. The van der Waals surface area contributed by atoms with Crippen LogP contribution in [0.4, 0.5) is 0 Å². The molecule has 0 amide bonds. The molecule has 0 radical (unpaired) electrons. The highest BCUT2D eigenvalue weighted by Crippen LogP contribution is 2.42. The van der Waals surface area contributed by atoms with Gasteiger partial charge in [-0.2, -0.15) is 0 Å². The monoisotopic (exact) mass is 222 g/mol. The molecule has 16 heavy (non-hydrogen) atoms. The molecule has 0 unspecified atom stereocenters. The Hall–Kier alpha value is -0.440. The van der Waals surface area contributed by atoms with Gasteiger partial charge in [0.1, 0.15) is 0 Å². The van der Waals surface area contributed by atoms with Gasteiger partial charge in [0.25, 0.3) is 0 Å². The normalized spacial score (nSPS) is 12.5. The molecule has 0 N–H and O–H groups in total. The second-order valence-electron chi connectivity index (χ2n) is 6.30. The summed E-state index contributed by atoms with van der Waals surface area (Å²) in [5.41, 5.74) is 0.175. The van der Waals surface area contributed by atoms with E-state index in [9.17, 15) is 0 Å². The fourth-order valence-corrected chi connectivity index (χ4v) is 2.84. The summed E-state index contributed by atoms with van der Waals surface area (Å²) in [6, 6.07) is 0. The molecule has 0 nitrogen and oxygen atoms in total. The Morgan fingerprint density at radius 3 is 1.38 bits per heavy atom. The maximum absolute atomic E-state index is 3.61. The summed E-state index contributed by atoms with van der Waals surface area (Å²) in [5.74, 6) is 9.56. The maximum atomic E-state index is 3.61. The minimum Gasteiger partial charge on any atom is -0.102 e. The van der Waals surface area contributed by atoms with E-state index < -0.39 is 0 Å². The van der Waals surface area contributed by atoms with Crippen LogP contribution in [-0.2, 0) is 0 Å². The van der Waals surface area contributed by atoms with Gasteiger partial charge in [0, 0.05) is 11.8 Å². The summed E-state index contributed by atoms with van der Waals surface area (Å²) in [6.45, 7) is 18.3. The maximum Gasteiger partial charge on any atom is 0.0383 e. The fourth-order valence-electron chi connectivity index (χ4n) is 2.84. The van der Waals surface area contributed by atoms with E-state index in [4.69, 9.17) is 0 Å². The molecule has 0 saturated carbocycles. The minimum absolute atomic E-state index is 0.175. The molecule has 0 aromatic rings. The van der Waals surface area contributed by atoms with Crippen molar-refractivity contribution in [2.45, 2.75) is 61.8 Å². The lowest BCUT2D eigenvalue weighted by atomic mass is 9.62. The van der Waals surface area contributed by atoms with Crippen molar-refractivity contribution in [2.24, 2.45) is 29.1 Å². The molecule has 0 aromatic carbocycles. The number of hydrogen-bond donors (Lipinski definition) is 0. The van der Waals surface area contributed by atoms with Gasteiger partial charge >= 0.3 is 0 Å². The summed E-state index contributed by atoms with van der Waals surface area (Å²) in [5, 5.41) is 0. The van der Waals surface area contributed by atoms with Crippen molar-refractivity contribution in [3.63, 3.8) is 0 Å². The third-order valence-electron chi connectivity index (χ3n) is 3.68. The van der Waals surface area contributed by atoms with Crippen molar-refractivity contribution in [1.29, 1.82) is 0 Å². The number of hydrogen-bond acceptors (Lipinski definition) is 0. The summed E-state index contributed by atoms with van der Waals surface area (Å²) in [7, 11) is 0. The van der Waals surface area contributed by atoms with Gasteiger partial charge in [-0.15, -0.1) is 5.92 Å². The lowest BCUT2D eigenvalue weighted by Crippen LogP contribution is -2.37. The van der Waals surface area contributed by atoms with E-state index in [1.165, 1.54) is 0 Å². The van der Waals surface area contributed by atoms with Gasteiger partial charge in [0.2, 0.25) is 0 Å². The zero-order valence-electron chi connectivity index (χ0n) is 12.5. The van der Waals surface area contributed by atoms with Crippen molar-refractivity contribution in [3.05, 3.63) is 0 Å². The quantitative estimate of drug-likeness (QED) is 0.588. The van der Waals surface area contributed by atoms with E-state index in [0.29, 0.717) is 23.7 Å². The molecule has 0 rings (SSSR count). The molecule has 0 aliphatic carbocycles. The van der Waals surface area contributed by atoms with E-state index >= 15 is 0 Å². The standard InChI is InChI=1S/C16H30/c1-12(2)10-9-11-16(13(3)4,14(5)6)15(7)8/h12-15H,10H2,1-8H3. The van der Waals surface area contributed by atoms with Gasteiger partial charge < -0.3 is 0 Å². The molecule has 0 aliphatic rings. The summed E-state index contributed by atoms with van der Waals surface area (Å²) < 4.78 is 0. The average Bonchev–Trinajstić information content (AvgIpc) is 2.09. The highest BCUT2D eigenvalue weighted by Gasteiger charge is 2.38. The van der Waals surface area contributed by atoms with Gasteiger partial charge in [-0.25, -0.2) is 0 Å². The Labute approximate surface area is 103 Å². The Balaban J connectivity index is 5.10. The molecule has 0 saturated heterocycles. The average molecular weight is 222 g/mol. The second kappa shape index (κ2) is 6.33. The lowest BCUT2D eigenvalue weighted by molar-refractivity contribution is 0.123. The summed E-state index contributed by atoms with van der Waals surface area (Å²) in [6.07, 6.45) is 1.02. The third-order valence-corrected chi connectivity index (χ3v) is 3.68. The molecule has 0 aliphatic heterocycles. The molecular formula is C16H30. The van der Waals surface area contributed by atoms with Crippen LogP contribution in [0.1, 0.15) is 61.8 Å². The molecule has 0 spiro atoms. The predicted molar refractivity (Wildman–Crippen MR) is 74.2 cm³/mol. The molecule has 94 valence electrons. The highest BCUT2D eigenvalue weighted by molar-refractivity contribution is 5.16. The van der Waals surface area contributed by atoms with E-state index in [1.807, 2.05) is 0 Å². The Morgan fingerprint density at radius 2 is 1.12 bits per heavy atom. The van der Waals surface area contributed by atoms with Crippen molar-refractivity contribution in [1.82, 2.24) is 0 Å². The minimum atomic E-state index is 0.175. The predicted octanol–water partition coefficient (Wildman–Crippen LogP) is 4.99. The molecule has 0 bridgehead atoms. The van der Waals surface area contributed by atoms with E-state index in [-0.39, 0.29) is 5.41 Å². The zero-order valence-corrected chi connectivity index (χ0v) is 12.5. The van der Waals surface area contributed by atoms with E-state index in [2.05, 4.69) is 67.2 Å². The molecular weight excluding hydrogens is 192 g/mol. The van der Waals surface area contributed by atoms with Crippen LogP contribution in [0.25, 0.3) is 0 Å². The van der Waals surface area contributed by atoms with Crippen LogP contribution in [0.2, 0.25) is 0 Å². The van der Waals surface area contributed by atoms with Gasteiger partial charge in [-0.1, -0.05) is 61.3 Å². The first-order chi connectivity index (χ1) is 7.25. The first kappa shape index (κ1) is 15.6. The lowest BCUT2D eigenvalue weighted by Gasteiger charge is -2.40. The van der Waals surface area contributed by atoms with Crippen molar-refractivity contribution in [2.75, 3.05) is 0 Å². The van der Waals surface area contributed by atoms with Crippen molar-refractivity contribution >= 4 is 0 Å². The van der Waals surface area contributed by atoms with Crippen LogP contribution < -0.4 is 0 Å². The van der Waals surface area contributed by atoms with Gasteiger partial charge in [0.05, 0.1) is 0 Å². The molecule has 0 fully saturated rings. The smallest absolute Gasteiger partial charge is 0.0383 e. The fraction of sp³-hybridized carbons (Fsp3) is 0.875. The molecule has 0 aromatic heterocycles. The van der Waals surface area contributed by atoms with Crippen LogP contribution in [0.15, 0.2) is 0 Å². The second-order valence-corrected chi connectivity index (χ2v) is 6.30. The molecule has 0 heteroatoms. The Morgan fingerprint density at radius 1 is 0.750 bits per heavy atom. The summed E-state index contributed by atoms with van der Waals surface area (Å²) >= 11 is 0. The van der Waals surface area contributed by atoms with Gasteiger partial charge in [-0.05, 0) is 23.7 Å². The van der Waals surface area contributed by atoms with Gasteiger partial charge in [0.15, 0.2) is 0 Å². The molecule has 0 atom stereocenters. The first-order valence-electron chi connectivity index (χ1n) is 6.75. The van der Waals surface area contributed by atoms with E-state index in [0.717, 1.165) is 6.42 Å². The SMILES string of the molecule is CC(C)CC#CC(C(C)C)(C(C)C)C(C)C. The molecule has 0 heterocycles.